The van der Waals surface area contributed by atoms with Crippen molar-refractivity contribution in [2.24, 2.45) is 5.73 Å². The molecule has 0 bridgehead atoms. The molecule has 0 atom stereocenters. The van der Waals surface area contributed by atoms with E-state index in [4.69, 9.17) is 10.5 Å². The molecule has 0 radical (unpaired) electrons. The summed E-state index contributed by atoms with van der Waals surface area (Å²) in [4.78, 5) is 23.4. The number of H-pyrrole nitrogens is 1. The van der Waals surface area contributed by atoms with E-state index in [0.29, 0.717) is 29.1 Å². The molecular weight excluding hydrogens is 434 g/mol. The predicted molar refractivity (Wildman–Crippen MR) is 103 cm³/mol. The minimum atomic E-state index is -0.720. The van der Waals surface area contributed by atoms with Crippen LogP contribution in [0.25, 0.3) is 0 Å². The maximum Gasteiger partial charge on any atom is 0.266 e. The number of ether oxygens (including phenoxy) is 1. The van der Waals surface area contributed by atoms with E-state index in [9.17, 15) is 13.6 Å². The lowest BCUT2D eigenvalue weighted by Gasteiger charge is -2.15. The molecule has 1 aromatic carbocycles. The number of nitrogens with two attached hydrogens (primary N) is 1. The Morgan fingerprint density at radius 3 is 2.57 bits per heavy atom. The highest BCUT2D eigenvalue weighted by atomic mass is 79.9. The second-order valence-corrected chi connectivity index (χ2v) is 6.90. The van der Waals surface area contributed by atoms with Crippen LogP contribution in [0.15, 0.2) is 39.9 Å². The van der Waals surface area contributed by atoms with E-state index >= 15 is 0 Å². The number of nitrogens with zero attached hydrogens (tertiary/aromatic N) is 2. The molecule has 0 unspecified atom stereocenters. The van der Waals surface area contributed by atoms with Crippen LogP contribution < -0.4 is 16.0 Å². The number of hydrogen-bond donors (Lipinski definition) is 2. The lowest BCUT2D eigenvalue weighted by Crippen LogP contribution is -2.15. The Morgan fingerprint density at radius 2 is 1.93 bits per heavy atom. The van der Waals surface area contributed by atoms with Crippen LogP contribution in [0, 0.1) is 18.6 Å². The molecule has 0 aliphatic rings. The summed E-state index contributed by atoms with van der Waals surface area (Å²) in [6.45, 7) is 1.85. The highest BCUT2D eigenvalue weighted by molar-refractivity contribution is 9.10. The highest BCUT2D eigenvalue weighted by Gasteiger charge is 2.18. The van der Waals surface area contributed by atoms with Crippen LogP contribution in [-0.4, -0.2) is 15.0 Å². The summed E-state index contributed by atoms with van der Waals surface area (Å²) in [6.07, 6.45) is 3.52. The Kier molecular flexibility index (Phi) is 6.15. The van der Waals surface area contributed by atoms with E-state index < -0.39 is 11.6 Å². The Balaban J connectivity index is 1.93. The highest BCUT2D eigenvalue weighted by Crippen LogP contribution is 2.30. The second kappa shape index (κ2) is 8.57. The molecule has 0 spiro atoms. The van der Waals surface area contributed by atoms with Crippen LogP contribution in [0.3, 0.4) is 0 Å². The smallest absolute Gasteiger partial charge is 0.266 e. The van der Waals surface area contributed by atoms with E-state index in [0.717, 1.165) is 12.1 Å². The van der Waals surface area contributed by atoms with Crippen molar-refractivity contribution in [3.8, 4) is 5.75 Å². The zero-order valence-electron chi connectivity index (χ0n) is 14.9. The largest absolute Gasteiger partial charge is 0.487 e. The molecule has 3 aromatic rings. The average molecular weight is 451 g/mol. The van der Waals surface area contributed by atoms with Crippen molar-refractivity contribution >= 4 is 15.9 Å². The number of rotatable bonds is 6. The molecule has 28 heavy (non-hydrogen) atoms. The van der Waals surface area contributed by atoms with Gasteiger partial charge in [0.1, 0.15) is 28.5 Å². The van der Waals surface area contributed by atoms with Gasteiger partial charge in [-0.05, 0) is 35.0 Å². The van der Waals surface area contributed by atoms with E-state index in [1.54, 1.807) is 19.3 Å². The first-order valence-corrected chi connectivity index (χ1v) is 9.16. The lowest BCUT2D eigenvalue weighted by atomic mass is 10.1. The Bertz CT molecular complexity index is 1060. The maximum atomic E-state index is 13.9. The minimum Gasteiger partial charge on any atom is -0.487 e. The van der Waals surface area contributed by atoms with E-state index in [1.807, 2.05) is 0 Å². The van der Waals surface area contributed by atoms with Gasteiger partial charge in [-0.3, -0.25) is 14.8 Å². The maximum absolute atomic E-state index is 13.9. The van der Waals surface area contributed by atoms with Gasteiger partial charge in [-0.2, -0.15) is 0 Å². The van der Waals surface area contributed by atoms with Crippen molar-refractivity contribution in [2.45, 2.75) is 26.5 Å². The fraction of sp³-hybridized carbons (Fsp3) is 0.211. The summed E-state index contributed by atoms with van der Waals surface area (Å²) >= 11 is 3.23. The summed E-state index contributed by atoms with van der Waals surface area (Å²) in [5, 5.41) is 0. The zero-order valence-corrected chi connectivity index (χ0v) is 16.5. The van der Waals surface area contributed by atoms with Crippen LogP contribution in [0.4, 0.5) is 8.78 Å². The zero-order chi connectivity index (χ0) is 20.3. The molecule has 0 amide bonds. The van der Waals surface area contributed by atoms with E-state index in [2.05, 4.69) is 30.9 Å². The summed E-state index contributed by atoms with van der Waals surface area (Å²) in [7, 11) is 0. The van der Waals surface area contributed by atoms with Gasteiger partial charge >= 0.3 is 0 Å². The Hall–Kier alpha value is -2.65. The fourth-order valence-corrected chi connectivity index (χ4v) is 3.07. The third-order valence-corrected chi connectivity index (χ3v) is 4.86. The molecule has 146 valence electrons. The van der Waals surface area contributed by atoms with Gasteiger partial charge in [-0.15, -0.1) is 0 Å². The number of halogens is 3. The monoisotopic (exact) mass is 450 g/mol. The summed E-state index contributed by atoms with van der Waals surface area (Å²) in [6, 6.07) is 3.23. The first kappa shape index (κ1) is 20.1. The standard InChI is InChI=1S/C19H17BrF2N4O2/c1-10-15(5-13-7-25-14(6-23)8-24-13)18(17(20)19(27)26-10)28-9-11-2-3-12(21)4-16(11)22/h2-4,7-8H,5-6,9,23H2,1H3,(H,26,27). The Morgan fingerprint density at radius 1 is 1.21 bits per heavy atom. The fourth-order valence-electron chi connectivity index (χ4n) is 2.62. The van der Waals surface area contributed by atoms with Crippen LogP contribution >= 0.6 is 15.9 Å². The third-order valence-electron chi connectivity index (χ3n) is 4.14. The van der Waals surface area contributed by atoms with Crippen LogP contribution in [0.2, 0.25) is 0 Å². The average Bonchev–Trinajstić information content (AvgIpc) is 2.67. The summed E-state index contributed by atoms with van der Waals surface area (Å²) in [5.74, 6) is -1.12. The number of nitrogens with one attached hydrogen (secondary N) is 1. The number of aromatic amines is 1. The number of benzene rings is 1. The molecule has 2 aromatic heterocycles. The second-order valence-electron chi connectivity index (χ2n) is 6.11. The van der Waals surface area contributed by atoms with Crippen molar-refractivity contribution in [1.29, 1.82) is 0 Å². The van der Waals surface area contributed by atoms with Gasteiger partial charge in [-0.25, -0.2) is 8.78 Å². The number of aromatic nitrogens is 3. The molecule has 3 N–H and O–H groups in total. The van der Waals surface area contributed by atoms with Gasteiger partial charge < -0.3 is 15.5 Å². The first-order valence-electron chi connectivity index (χ1n) is 8.37. The predicted octanol–water partition coefficient (Wildman–Crippen LogP) is 3.14. The summed E-state index contributed by atoms with van der Waals surface area (Å²) < 4.78 is 32.9. The van der Waals surface area contributed by atoms with Gasteiger partial charge in [0.15, 0.2) is 0 Å². The Labute approximate surface area is 167 Å². The van der Waals surface area contributed by atoms with Gasteiger partial charge in [0, 0.05) is 42.0 Å². The molecule has 6 nitrogen and oxygen atoms in total. The van der Waals surface area contributed by atoms with Gasteiger partial charge in [0.25, 0.3) is 5.56 Å². The number of aryl methyl sites for hydroxylation is 1. The minimum absolute atomic E-state index is 0.168. The van der Waals surface area contributed by atoms with Crippen molar-refractivity contribution in [2.75, 3.05) is 0 Å². The topological polar surface area (TPSA) is 93.9 Å². The van der Waals surface area contributed by atoms with Gasteiger partial charge in [0.2, 0.25) is 0 Å². The van der Waals surface area contributed by atoms with Crippen molar-refractivity contribution < 1.29 is 13.5 Å². The van der Waals surface area contributed by atoms with Crippen LogP contribution in [0.5, 0.6) is 5.75 Å². The molecule has 0 aliphatic carbocycles. The molecule has 0 aliphatic heterocycles. The lowest BCUT2D eigenvalue weighted by molar-refractivity contribution is 0.293. The molecule has 3 rings (SSSR count). The summed E-state index contributed by atoms with van der Waals surface area (Å²) in [5.41, 5.74) is 7.90. The molecule has 0 fully saturated rings. The molecule has 0 saturated heterocycles. The molecule has 2 heterocycles. The molecule has 9 heteroatoms. The molecular formula is C19H17BrF2N4O2. The van der Waals surface area contributed by atoms with E-state index in [1.165, 1.54) is 6.07 Å². The SMILES string of the molecule is Cc1[nH]c(=O)c(Br)c(OCc2ccc(F)cc2F)c1Cc1cnc(CN)cn1. The third kappa shape index (κ3) is 4.42. The number of hydrogen-bond acceptors (Lipinski definition) is 5. The van der Waals surface area contributed by atoms with Gasteiger partial charge in [0.05, 0.1) is 17.6 Å². The normalized spacial score (nSPS) is 10.9. The van der Waals surface area contributed by atoms with Crippen molar-refractivity contribution in [1.82, 2.24) is 15.0 Å². The molecule has 0 saturated carbocycles. The first-order chi connectivity index (χ1) is 13.4. The van der Waals surface area contributed by atoms with Gasteiger partial charge in [-0.1, -0.05) is 0 Å². The quantitative estimate of drug-likeness (QED) is 0.601. The van der Waals surface area contributed by atoms with Crippen molar-refractivity contribution in [3.63, 3.8) is 0 Å². The van der Waals surface area contributed by atoms with Crippen molar-refractivity contribution in [3.05, 3.63) is 85.3 Å². The van der Waals surface area contributed by atoms with Crippen LogP contribution in [-0.2, 0) is 19.6 Å². The van der Waals surface area contributed by atoms with Crippen LogP contribution in [0.1, 0.15) is 28.2 Å². The number of pyridine rings is 1. The van der Waals surface area contributed by atoms with E-state index in [-0.39, 0.29) is 34.5 Å².